The van der Waals surface area contributed by atoms with E-state index in [1.807, 2.05) is 11.8 Å². The highest BCUT2D eigenvalue weighted by Crippen LogP contribution is 2.22. The largest absolute Gasteiger partial charge is 0.378 e. The summed E-state index contributed by atoms with van der Waals surface area (Å²) in [5, 5.41) is 3.16. The molecular weight excluding hydrogens is 168 g/mol. The summed E-state index contributed by atoms with van der Waals surface area (Å²) in [6.45, 7) is 5.20. The topological polar surface area (TPSA) is 41.6 Å². The molecule has 0 aromatic rings. The lowest BCUT2D eigenvalue weighted by Gasteiger charge is -2.20. The van der Waals surface area contributed by atoms with Crippen LogP contribution in [0.5, 0.6) is 0 Å². The molecule has 4 heteroatoms. The van der Waals surface area contributed by atoms with Gasteiger partial charge in [-0.05, 0) is 13.3 Å². The number of carbonyl (C=O) groups excluding carboxylic acids is 1. The molecule has 0 aromatic carbocycles. The Bertz CT molecular complexity index is 202. The van der Waals surface area contributed by atoms with Crippen molar-refractivity contribution in [1.82, 2.24) is 10.2 Å². The monoisotopic (exact) mass is 184 g/mol. The molecule has 2 rings (SSSR count). The fraction of sp³-hybridized carbons (Fsp3) is 0.889. The predicted molar refractivity (Wildman–Crippen MR) is 48.1 cm³/mol. The molecule has 2 aliphatic rings. The first-order chi connectivity index (χ1) is 6.29. The van der Waals surface area contributed by atoms with Gasteiger partial charge >= 0.3 is 0 Å². The minimum Gasteiger partial charge on any atom is -0.378 e. The summed E-state index contributed by atoms with van der Waals surface area (Å²) >= 11 is 0. The van der Waals surface area contributed by atoms with Crippen molar-refractivity contribution in [1.29, 1.82) is 0 Å². The molecule has 4 nitrogen and oxygen atoms in total. The van der Waals surface area contributed by atoms with Crippen LogP contribution in [0.4, 0.5) is 0 Å². The first kappa shape index (κ1) is 8.97. The fourth-order valence-corrected chi connectivity index (χ4v) is 1.99. The fourth-order valence-electron chi connectivity index (χ4n) is 1.99. The predicted octanol–water partition coefficient (Wildman–Crippen LogP) is -0.199. The number of amides is 1. The number of nitrogens with zero attached hydrogens (tertiary/aromatic N) is 1. The Kier molecular flexibility index (Phi) is 2.51. The van der Waals surface area contributed by atoms with Crippen LogP contribution in [0.3, 0.4) is 0 Å². The van der Waals surface area contributed by atoms with E-state index in [2.05, 4.69) is 5.32 Å². The molecule has 2 heterocycles. The molecule has 1 N–H and O–H groups in total. The molecule has 2 atom stereocenters. The normalized spacial score (nSPS) is 34.1. The highest BCUT2D eigenvalue weighted by atomic mass is 16.5. The number of hydrogen-bond acceptors (Lipinski definition) is 3. The van der Waals surface area contributed by atoms with Crippen molar-refractivity contribution in [3.8, 4) is 0 Å². The average molecular weight is 184 g/mol. The van der Waals surface area contributed by atoms with Crippen LogP contribution in [0.1, 0.15) is 13.3 Å². The third-order valence-corrected chi connectivity index (χ3v) is 2.87. The smallest absolute Gasteiger partial charge is 0.229 e. The first-order valence-electron chi connectivity index (χ1n) is 4.90. The van der Waals surface area contributed by atoms with Gasteiger partial charge in [-0.25, -0.2) is 0 Å². The summed E-state index contributed by atoms with van der Waals surface area (Å²) in [7, 11) is 0. The number of carbonyl (C=O) groups is 1. The van der Waals surface area contributed by atoms with E-state index in [0.29, 0.717) is 6.67 Å². The molecule has 2 unspecified atom stereocenters. The highest BCUT2D eigenvalue weighted by molar-refractivity contribution is 5.79. The average Bonchev–Trinajstić information content (AvgIpc) is 2.72. The molecule has 2 fully saturated rings. The van der Waals surface area contributed by atoms with Gasteiger partial charge in [0, 0.05) is 19.7 Å². The van der Waals surface area contributed by atoms with Gasteiger partial charge in [0.05, 0.1) is 18.7 Å². The lowest BCUT2D eigenvalue weighted by molar-refractivity contribution is -0.135. The van der Waals surface area contributed by atoms with E-state index in [1.165, 1.54) is 0 Å². The quantitative estimate of drug-likeness (QED) is 0.613. The van der Waals surface area contributed by atoms with Gasteiger partial charge in [-0.1, -0.05) is 0 Å². The zero-order valence-electron chi connectivity index (χ0n) is 7.95. The molecule has 13 heavy (non-hydrogen) atoms. The third kappa shape index (κ3) is 1.69. The number of nitrogens with one attached hydrogen (secondary N) is 1. The van der Waals surface area contributed by atoms with Gasteiger partial charge in [-0.2, -0.15) is 0 Å². The van der Waals surface area contributed by atoms with E-state index in [0.717, 1.165) is 26.1 Å². The van der Waals surface area contributed by atoms with Crippen molar-refractivity contribution in [2.45, 2.75) is 19.4 Å². The Morgan fingerprint density at radius 3 is 3.00 bits per heavy atom. The molecule has 0 radical (unpaired) electrons. The number of rotatable bonds is 1. The van der Waals surface area contributed by atoms with Crippen molar-refractivity contribution in [2.75, 3.05) is 26.4 Å². The molecule has 0 aliphatic carbocycles. The second-order valence-electron chi connectivity index (χ2n) is 3.73. The second-order valence-corrected chi connectivity index (χ2v) is 3.73. The van der Waals surface area contributed by atoms with Gasteiger partial charge in [0.15, 0.2) is 0 Å². The van der Waals surface area contributed by atoms with Gasteiger partial charge < -0.3 is 9.64 Å². The molecular formula is C9H16N2O2. The van der Waals surface area contributed by atoms with Gasteiger partial charge in [-0.3, -0.25) is 10.1 Å². The van der Waals surface area contributed by atoms with Gasteiger partial charge in [-0.15, -0.1) is 0 Å². The van der Waals surface area contributed by atoms with E-state index in [9.17, 15) is 4.79 Å². The van der Waals surface area contributed by atoms with Crippen LogP contribution >= 0.6 is 0 Å². The Balaban J connectivity index is 1.95. The van der Waals surface area contributed by atoms with Gasteiger partial charge in [0.25, 0.3) is 0 Å². The Morgan fingerprint density at radius 2 is 2.46 bits per heavy atom. The van der Waals surface area contributed by atoms with Crippen LogP contribution in [0.2, 0.25) is 0 Å². The van der Waals surface area contributed by atoms with Crippen LogP contribution in [0.25, 0.3) is 0 Å². The Morgan fingerprint density at radius 1 is 1.62 bits per heavy atom. The van der Waals surface area contributed by atoms with Crippen LogP contribution < -0.4 is 5.32 Å². The summed E-state index contributed by atoms with van der Waals surface area (Å²) in [6.07, 6.45) is 0.990. The van der Waals surface area contributed by atoms with E-state index in [4.69, 9.17) is 4.74 Å². The lowest BCUT2D eigenvalue weighted by atomic mass is 10.0. The van der Waals surface area contributed by atoms with Crippen molar-refractivity contribution in [2.24, 2.45) is 5.92 Å². The Hall–Kier alpha value is -0.610. The van der Waals surface area contributed by atoms with Gasteiger partial charge in [0.1, 0.15) is 0 Å². The van der Waals surface area contributed by atoms with E-state index >= 15 is 0 Å². The minimum absolute atomic E-state index is 0.0971. The zero-order chi connectivity index (χ0) is 9.26. The molecule has 2 saturated heterocycles. The van der Waals surface area contributed by atoms with Crippen LogP contribution in [0.15, 0.2) is 0 Å². The molecule has 2 aliphatic heterocycles. The molecule has 0 aromatic heterocycles. The first-order valence-corrected chi connectivity index (χ1v) is 4.90. The highest BCUT2D eigenvalue weighted by Gasteiger charge is 2.34. The number of ether oxygens (including phenoxy) is 1. The van der Waals surface area contributed by atoms with Crippen molar-refractivity contribution >= 4 is 5.91 Å². The minimum atomic E-state index is 0.0971. The maximum atomic E-state index is 11.9. The maximum Gasteiger partial charge on any atom is 0.229 e. The molecule has 0 bridgehead atoms. The molecule has 0 spiro atoms. The molecule has 1 amide bonds. The summed E-state index contributed by atoms with van der Waals surface area (Å²) in [5.41, 5.74) is 0. The summed E-state index contributed by atoms with van der Waals surface area (Å²) in [6, 6.07) is 0. The SMILES string of the molecule is CC1OCCC1C(=O)N1CCNC1. The van der Waals surface area contributed by atoms with Crippen LogP contribution in [-0.4, -0.2) is 43.3 Å². The lowest BCUT2D eigenvalue weighted by Crippen LogP contribution is -2.37. The van der Waals surface area contributed by atoms with Crippen molar-refractivity contribution in [3.05, 3.63) is 0 Å². The molecule has 0 saturated carbocycles. The third-order valence-electron chi connectivity index (χ3n) is 2.87. The van der Waals surface area contributed by atoms with Crippen LogP contribution in [0, 0.1) is 5.92 Å². The summed E-state index contributed by atoms with van der Waals surface area (Å²) in [5.74, 6) is 0.356. The van der Waals surface area contributed by atoms with Crippen LogP contribution in [-0.2, 0) is 9.53 Å². The van der Waals surface area contributed by atoms with Gasteiger partial charge in [0.2, 0.25) is 5.91 Å². The summed E-state index contributed by atoms with van der Waals surface area (Å²) in [4.78, 5) is 13.7. The number of hydrogen-bond donors (Lipinski definition) is 1. The molecule has 74 valence electrons. The summed E-state index contributed by atoms with van der Waals surface area (Å²) < 4.78 is 5.38. The maximum absolute atomic E-state index is 11.9. The van der Waals surface area contributed by atoms with E-state index in [-0.39, 0.29) is 17.9 Å². The van der Waals surface area contributed by atoms with Crippen molar-refractivity contribution < 1.29 is 9.53 Å². The second kappa shape index (κ2) is 3.64. The van der Waals surface area contributed by atoms with E-state index in [1.54, 1.807) is 0 Å². The zero-order valence-corrected chi connectivity index (χ0v) is 7.95. The Labute approximate surface area is 78.2 Å². The van der Waals surface area contributed by atoms with E-state index < -0.39 is 0 Å². The standard InChI is InChI=1S/C9H16N2O2/c1-7-8(2-5-13-7)9(12)11-4-3-10-6-11/h7-8,10H,2-6H2,1H3. The van der Waals surface area contributed by atoms with Crippen molar-refractivity contribution in [3.63, 3.8) is 0 Å².